The van der Waals surface area contributed by atoms with Crippen LogP contribution in [0.2, 0.25) is 10.0 Å². The van der Waals surface area contributed by atoms with E-state index in [2.05, 4.69) is 15.3 Å². The van der Waals surface area contributed by atoms with E-state index in [4.69, 9.17) is 23.2 Å². The third kappa shape index (κ3) is 5.12. The van der Waals surface area contributed by atoms with Crippen LogP contribution in [-0.2, 0) is 17.9 Å². The molecular formula is C25H22Cl2N4O3. The predicted molar refractivity (Wildman–Crippen MR) is 134 cm³/mol. The lowest BCUT2D eigenvalue weighted by molar-refractivity contribution is -0.122. The molecule has 34 heavy (non-hydrogen) atoms. The number of aromatic nitrogens is 3. The van der Waals surface area contributed by atoms with E-state index < -0.39 is 5.56 Å². The lowest BCUT2D eigenvalue weighted by atomic mass is 10.0. The number of fused-ring (bicyclic) bond motifs is 1. The first-order chi connectivity index (χ1) is 16.2. The van der Waals surface area contributed by atoms with E-state index in [0.717, 1.165) is 0 Å². The molecule has 2 aromatic carbocycles. The molecule has 2 heterocycles. The molecule has 4 aromatic rings. The zero-order chi connectivity index (χ0) is 24.4. The fraction of sp³-hybridized carbons (Fsp3) is 0.200. The number of halogens is 2. The lowest BCUT2D eigenvalue weighted by Gasteiger charge is -2.15. The van der Waals surface area contributed by atoms with Crippen LogP contribution in [0.15, 0.2) is 59.5 Å². The average Bonchev–Trinajstić information content (AvgIpc) is 2.79. The zero-order valence-electron chi connectivity index (χ0n) is 18.5. The molecule has 0 bridgehead atoms. The van der Waals surface area contributed by atoms with Gasteiger partial charge in [0.05, 0.1) is 12.0 Å². The highest BCUT2D eigenvalue weighted by Crippen LogP contribution is 2.27. The molecule has 9 heteroatoms. The van der Waals surface area contributed by atoms with Crippen LogP contribution in [0.1, 0.15) is 19.4 Å². The van der Waals surface area contributed by atoms with E-state index in [1.54, 1.807) is 54.7 Å². The number of pyridine rings is 1. The Hall–Kier alpha value is -3.26. The van der Waals surface area contributed by atoms with Gasteiger partial charge in [0.15, 0.2) is 5.65 Å². The van der Waals surface area contributed by atoms with Crippen LogP contribution >= 0.6 is 23.2 Å². The SMILES string of the molecule is CC(C)NC(=O)Cn1c(-c2cccc(Cl)c2)nc2ncc(-c3cc(Cl)cc(CO)c3)cc2c1=O. The first-order valence-electron chi connectivity index (χ1n) is 10.6. The quantitative estimate of drug-likeness (QED) is 0.410. The number of aliphatic hydroxyl groups excluding tert-OH is 1. The number of carbonyl (C=O) groups excluding carboxylic acids is 1. The Bertz CT molecular complexity index is 1450. The number of hydrogen-bond donors (Lipinski definition) is 2. The number of carbonyl (C=O) groups is 1. The highest BCUT2D eigenvalue weighted by Gasteiger charge is 2.18. The Kier molecular flexibility index (Phi) is 6.97. The molecular weight excluding hydrogens is 475 g/mol. The molecule has 174 valence electrons. The summed E-state index contributed by atoms with van der Waals surface area (Å²) in [5.41, 5.74) is 2.41. The maximum absolute atomic E-state index is 13.6. The molecule has 0 aliphatic carbocycles. The van der Waals surface area contributed by atoms with Gasteiger partial charge in [0.1, 0.15) is 12.4 Å². The average molecular weight is 497 g/mol. The molecule has 0 fully saturated rings. The second kappa shape index (κ2) is 9.93. The molecule has 1 amide bonds. The number of hydrogen-bond acceptors (Lipinski definition) is 5. The second-order valence-corrected chi connectivity index (χ2v) is 9.03. The van der Waals surface area contributed by atoms with E-state index in [1.165, 1.54) is 4.57 Å². The van der Waals surface area contributed by atoms with Crippen molar-refractivity contribution in [3.8, 4) is 22.5 Å². The molecule has 0 spiro atoms. The van der Waals surface area contributed by atoms with Gasteiger partial charge >= 0.3 is 0 Å². The monoisotopic (exact) mass is 496 g/mol. The van der Waals surface area contributed by atoms with Gasteiger partial charge in [-0.3, -0.25) is 14.2 Å². The fourth-order valence-corrected chi connectivity index (χ4v) is 4.13. The third-order valence-corrected chi connectivity index (χ3v) is 5.57. The lowest BCUT2D eigenvalue weighted by Crippen LogP contribution is -2.37. The molecule has 2 N–H and O–H groups in total. The molecule has 0 saturated heterocycles. The van der Waals surface area contributed by atoms with Gasteiger partial charge in [-0.2, -0.15) is 0 Å². The normalized spacial score (nSPS) is 11.2. The Morgan fingerprint density at radius 3 is 2.53 bits per heavy atom. The van der Waals surface area contributed by atoms with Crippen molar-refractivity contribution >= 4 is 40.1 Å². The van der Waals surface area contributed by atoms with Gasteiger partial charge in [-0.25, -0.2) is 9.97 Å². The Balaban J connectivity index is 1.92. The zero-order valence-corrected chi connectivity index (χ0v) is 20.1. The summed E-state index contributed by atoms with van der Waals surface area (Å²) in [5, 5.41) is 13.5. The molecule has 0 radical (unpaired) electrons. The Labute approximate surface area is 206 Å². The van der Waals surface area contributed by atoms with Crippen molar-refractivity contribution in [1.82, 2.24) is 19.9 Å². The summed E-state index contributed by atoms with van der Waals surface area (Å²) < 4.78 is 1.33. The molecule has 2 aromatic heterocycles. The van der Waals surface area contributed by atoms with Crippen molar-refractivity contribution in [3.63, 3.8) is 0 Å². The Morgan fingerprint density at radius 1 is 1.06 bits per heavy atom. The molecule has 0 aliphatic heterocycles. The van der Waals surface area contributed by atoms with Crippen molar-refractivity contribution < 1.29 is 9.90 Å². The molecule has 0 saturated carbocycles. The minimum Gasteiger partial charge on any atom is -0.392 e. The summed E-state index contributed by atoms with van der Waals surface area (Å²) >= 11 is 12.4. The van der Waals surface area contributed by atoms with E-state index in [-0.39, 0.29) is 36.1 Å². The summed E-state index contributed by atoms with van der Waals surface area (Å²) in [7, 11) is 0. The largest absolute Gasteiger partial charge is 0.392 e. The van der Waals surface area contributed by atoms with Crippen LogP contribution < -0.4 is 10.9 Å². The highest BCUT2D eigenvalue weighted by atomic mass is 35.5. The molecule has 0 aliphatic rings. The van der Waals surface area contributed by atoms with Crippen LogP contribution in [0.25, 0.3) is 33.5 Å². The van der Waals surface area contributed by atoms with Crippen molar-refractivity contribution in [3.05, 3.63) is 80.7 Å². The van der Waals surface area contributed by atoms with Crippen LogP contribution in [-0.4, -0.2) is 31.6 Å². The van der Waals surface area contributed by atoms with E-state index in [0.29, 0.717) is 38.1 Å². The minimum absolute atomic E-state index is 0.0805. The smallest absolute Gasteiger partial charge is 0.263 e. The van der Waals surface area contributed by atoms with Crippen molar-refractivity contribution in [2.45, 2.75) is 33.0 Å². The van der Waals surface area contributed by atoms with Gasteiger partial charge in [0, 0.05) is 33.4 Å². The number of aliphatic hydroxyl groups is 1. The number of amides is 1. The van der Waals surface area contributed by atoms with Gasteiger partial charge in [0.2, 0.25) is 5.91 Å². The summed E-state index contributed by atoms with van der Waals surface area (Å²) in [6.07, 6.45) is 1.60. The van der Waals surface area contributed by atoms with E-state index >= 15 is 0 Å². The molecule has 0 atom stereocenters. The molecule has 4 rings (SSSR count). The highest BCUT2D eigenvalue weighted by molar-refractivity contribution is 6.31. The van der Waals surface area contributed by atoms with E-state index in [9.17, 15) is 14.7 Å². The summed E-state index contributed by atoms with van der Waals surface area (Å²) in [6, 6.07) is 13.7. The van der Waals surface area contributed by atoms with Gasteiger partial charge in [-0.1, -0.05) is 35.3 Å². The summed E-state index contributed by atoms with van der Waals surface area (Å²) in [5.74, 6) is -0.0162. The van der Waals surface area contributed by atoms with E-state index in [1.807, 2.05) is 13.8 Å². The number of benzene rings is 2. The first kappa shape index (κ1) is 23.9. The topological polar surface area (TPSA) is 97.1 Å². The van der Waals surface area contributed by atoms with Crippen LogP contribution in [0.5, 0.6) is 0 Å². The minimum atomic E-state index is -0.405. The number of nitrogens with one attached hydrogen (secondary N) is 1. The molecule has 7 nitrogen and oxygen atoms in total. The van der Waals surface area contributed by atoms with Crippen molar-refractivity contribution in [1.29, 1.82) is 0 Å². The van der Waals surface area contributed by atoms with Gasteiger partial charge in [0.25, 0.3) is 5.56 Å². The first-order valence-corrected chi connectivity index (χ1v) is 11.4. The Morgan fingerprint density at radius 2 is 1.82 bits per heavy atom. The predicted octanol–water partition coefficient (Wildman–Crippen LogP) is 4.45. The van der Waals surface area contributed by atoms with Crippen molar-refractivity contribution in [2.75, 3.05) is 0 Å². The van der Waals surface area contributed by atoms with Gasteiger partial charge in [-0.05, 0) is 61.4 Å². The van der Waals surface area contributed by atoms with Crippen LogP contribution in [0.3, 0.4) is 0 Å². The summed E-state index contributed by atoms with van der Waals surface area (Å²) in [6.45, 7) is 3.31. The number of nitrogens with zero attached hydrogens (tertiary/aromatic N) is 3. The number of rotatable bonds is 6. The standard InChI is InChI=1S/C25H22Cl2N4O3/c1-14(2)29-22(33)12-31-24(16-4-3-5-19(26)8-16)30-23-21(25(31)34)10-18(11-28-23)17-6-15(13-32)7-20(27)9-17/h3-11,14,32H,12-13H2,1-2H3,(H,29,33). The third-order valence-electron chi connectivity index (χ3n) is 5.12. The van der Waals surface area contributed by atoms with Crippen molar-refractivity contribution in [2.24, 2.45) is 0 Å². The van der Waals surface area contributed by atoms with Gasteiger partial charge in [-0.15, -0.1) is 0 Å². The second-order valence-electron chi connectivity index (χ2n) is 8.16. The maximum Gasteiger partial charge on any atom is 0.263 e. The van der Waals surface area contributed by atoms with Crippen LogP contribution in [0, 0.1) is 0 Å². The van der Waals surface area contributed by atoms with Gasteiger partial charge < -0.3 is 10.4 Å². The maximum atomic E-state index is 13.6. The fourth-order valence-electron chi connectivity index (χ4n) is 3.68. The van der Waals surface area contributed by atoms with Crippen LogP contribution in [0.4, 0.5) is 0 Å². The molecule has 0 unspecified atom stereocenters. The summed E-state index contributed by atoms with van der Waals surface area (Å²) in [4.78, 5) is 35.2.